The second-order valence-electron chi connectivity index (χ2n) is 15.7. The molecule has 51 heavy (non-hydrogen) atoms. The Balaban J connectivity index is 1.50. The lowest BCUT2D eigenvalue weighted by Gasteiger charge is -2.25. The van der Waals surface area contributed by atoms with Gasteiger partial charge < -0.3 is 0 Å². The highest BCUT2D eigenvalue weighted by molar-refractivity contribution is 7.26. The van der Waals surface area contributed by atoms with Crippen molar-refractivity contribution in [3.8, 4) is 0 Å². The Morgan fingerprint density at radius 2 is 0.549 bits per heavy atom. The molecule has 0 N–H and O–H groups in total. The van der Waals surface area contributed by atoms with Crippen molar-refractivity contribution in [3.63, 3.8) is 0 Å². The van der Waals surface area contributed by atoms with Crippen LogP contribution >= 0.6 is 11.3 Å². The van der Waals surface area contributed by atoms with Crippen LogP contribution < -0.4 is 32.8 Å². The summed E-state index contributed by atoms with van der Waals surface area (Å²) >= 11 is 1.92. The molecule has 7 rings (SSSR count). The highest BCUT2D eigenvalue weighted by Gasteiger charge is 2.31. The molecule has 0 bridgehead atoms. The second kappa shape index (κ2) is 13.3. The predicted molar refractivity (Wildman–Crippen MR) is 231 cm³/mol. The lowest BCUT2D eigenvalue weighted by molar-refractivity contribution is 1.34. The van der Waals surface area contributed by atoms with Gasteiger partial charge in [-0.1, -0.05) is 172 Å². The molecule has 3 heteroatoms. The first-order valence-electron chi connectivity index (χ1n) is 18.5. The van der Waals surface area contributed by atoms with Crippen LogP contribution in [0.5, 0.6) is 0 Å². The standard InChI is InChI=1S/C48H50B2S/c1-27-17-31(5)45(32(6)18-27)49(46-33(7)19-28(2)20-34(46)8)39-13-15-43-41(25-39)42-26-40(14-16-44(42)51-43)50(47-35(9)21-29(3)22-36(47)10)48-37(11)23-30(4)24-38(48)12/h13-26H,1-12H3. The highest BCUT2D eigenvalue weighted by Crippen LogP contribution is 2.33. The Kier molecular flexibility index (Phi) is 9.17. The van der Waals surface area contributed by atoms with Gasteiger partial charge in [0.1, 0.15) is 0 Å². The Morgan fingerprint density at radius 3 is 0.784 bits per heavy atom. The van der Waals surface area contributed by atoms with Crippen molar-refractivity contribution in [1.82, 2.24) is 0 Å². The van der Waals surface area contributed by atoms with Crippen LogP contribution in [0.3, 0.4) is 0 Å². The van der Waals surface area contributed by atoms with Crippen LogP contribution in [0.4, 0.5) is 0 Å². The van der Waals surface area contributed by atoms with Crippen LogP contribution in [0, 0.1) is 83.1 Å². The van der Waals surface area contributed by atoms with E-state index in [0.29, 0.717) is 0 Å². The normalized spacial score (nSPS) is 11.5. The minimum atomic E-state index is 0.150. The van der Waals surface area contributed by atoms with Crippen molar-refractivity contribution in [3.05, 3.63) is 152 Å². The average molecular weight is 681 g/mol. The lowest BCUT2D eigenvalue weighted by Crippen LogP contribution is -2.56. The lowest BCUT2D eigenvalue weighted by atomic mass is 9.34. The fourth-order valence-electron chi connectivity index (χ4n) is 9.71. The fraction of sp³-hybridized carbons (Fsp3) is 0.250. The third kappa shape index (κ3) is 6.29. The average Bonchev–Trinajstić information content (AvgIpc) is 3.38. The molecule has 0 unspecified atom stereocenters. The smallest absolute Gasteiger partial charge is 0.135 e. The maximum absolute atomic E-state index is 2.53. The number of hydrogen-bond acceptors (Lipinski definition) is 1. The number of hydrogen-bond donors (Lipinski definition) is 0. The number of rotatable bonds is 6. The van der Waals surface area contributed by atoms with E-state index in [2.05, 4.69) is 168 Å². The van der Waals surface area contributed by atoms with E-state index >= 15 is 0 Å². The van der Waals surface area contributed by atoms with E-state index in [1.165, 1.54) is 120 Å². The van der Waals surface area contributed by atoms with Gasteiger partial charge in [-0.15, -0.1) is 11.3 Å². The van der Waals surface area contributed by atoms with Crippen LogP contribution in [0.15, 0.2) is 84.9 Å². The topological polar surface area (TPSA) is 0 Å². The number of benzene rings is 6. The van der Waals surface area contributed by atoms with Crippen LogP contribution in [0.25, 0.3) is 20.2 Å². The Bertz CT molecular complexity index is 2130. The van der Waals surface area contributed by atoms with E-state index in [9.17, 15) is 0 Å². The van der Waals surface area contributed by atoms with Gasteiger partial charge in [-0.2, -0.15) is 0 Å². The Morgan fingerprint density at radius 1 is 0.314 bits per heavy atom. The summed E-state index contributed by atoms with van der Waals surface area (Å²) in [6, 6.07) is 33.6. The fourth-order valence-corrected chi connectivity index (χ4v) is 10.8. The quantitative estimate of drug-likeness (QED) is 0.154. The molecule has 0 fully saturated rings. The zero-order chi connectivity index (χ0) is 36.5. The third-order valence-corrected chi connectivity index (χ3v) is 12.4. The summed E-state index contributed by atoms with van der Waals surface area (Å²) in [5.41, 5.74) is 24.7. The molecule has 0 aliphatic heterocycles. The zero-order valence-electron chi connectivity index (χ0n) is 32.6. The molecular weight excluding hydrogens is 630 g/mol. The van der Waals surface area contributed by atoms with Gasteiger partial charge in [0.25, 0.3) is 0 Å². The Hall–Kier alpha value is -4.33. The van der Waals surface area contributed by atoms with Crippen molar-refractivity contribution in [1.29, 1.82) is 0 Å². The highest BCUT2D eigenvalue weighted by atomic mass is 32.1. The minimum Gasteiger partial charge on any atom is -0.135 e. The molecule has 0 saturated carbocycles. The van der Waals surface area contributed by atoms with E-state index in [4.69, 9.17) is 0 Å². The predicted octanol–water partition coefficient (Wildman–Crippen LogP) is 8.79. The van der Waals surface area contributed by atoms with E-state index in [0.717, 1.165) is 0 Å². The van der Waals surface area contributed by atoms with Gasteiger partial charge >= 0.3 is 0 Å². The first-order valence-corrected chi connectivity index (χ1v) is 19.3. The van der Waals surface area contributed by atoms with Crippen LogP contribution in [0.2, 0.25) is 0 Å². The number of fused-ring (bicyclic) bond motifs is 3. The van der Waals surface area contributed by atoms with Crippen molar-refractivity contribution < 1.29 is 0 Å². The molecule has 6 aromatic carbocycles. The van der Waals surface area contributed by atoms with E-state index in [-0.39, 0.29) is 13.4 Å². The largest absolute Gasteiger partial charge is 0.242 e. The van der Waals surface area contributed by atoms with Crippen molar-refractivity contribution >= 4 is 77.7 Å². The maximum Gasteiger partial charge on any atom is 0.242 e. The number of thiophene rings is 1. The molecule has 1 aromatic heterocycles. The summed E-state index contributed by atoms with van der Waals surface area (Å²) in [7, 11) is 0. The monoisotopic (exact) mass is 680 g/mol. The molecule has 1 heterocycles. The molecule has 0 amide bonds. The number of aryl methyl sites for hydroxylation is 12. The molecule has 0 radical (unpaired) electrons. The van der Waals surface area contributed by atoms with Gasteiger partial charge in [-0.3, -0.25) is 0 Å². The molecule has 0 nitrogen and oxygen atoms in total. The molecular formula is C48H50B2S. The van der Waals surface area contributed by atoms with E-state index < -0.39 is 0 Å². The first kappa shape index (κ1) is 35.1. The maximum atomic E-state index is 2.53. The van der Waals surface area contributed by atoms with Crippen molar-refractivity contribution in [2.24, 2.45) is 0 Å². The summed E-state index contributed by atoms with van der Waals surface area (Å²) in [5, 5.41) is 2.72. The van der Waals surface area contributed by atoms with E-state index in [1.807, 2.05) is 11.3 Å². The summed E-state index contributed by atoms with van der Waals surface area (Å²) in [5.74, 6) is 0. The molecule has 0 aliphatic carbocycles. The van der Waals surface area contributed by atoms with Crippen LogP contribution in [0.1, 0.15) is 66.8 Å². The Labute approximate surface area is 311 Å². The SMILES string of the molecule is Cc1cc(C)c(B(c2ccc3sc4ccc(B(c5c(C)cc(C)cc5C)c5c(C)cc(C)cc5C)cc4c3c2)c2c(C)cc(C)cc2C)c(C)c1. The summed E-state index contributed by atoms with van der Waals surface area (Å²) in [6.45, 7) is 27.6. The summed E-state index contributed by atoms with van der Waals surface area (Å²) < 4.78 is 2.70. The molecule has 0 spiro atoms. The molecule has 0 saturated heterocycles. The molecule has 7 aromatic rings. The van der Waals surface area contributed by atoms with Crippen LogP contribution in [-0.4, -0.2) is 13.4 Å². The third-order valence-electron chi connectivity index (χ3n) is 11.3. The first-order chi connectivity index (χ1) is 24.2. The van der Waals surface area contributed by atoms with Gasteiger partial charge in [-0.05, 0) is 106 Å². The molecule has 0 aliphatic rings. The molecule has 254 valence electrons. The van der Waals surface area contributed by atoms with Gasteiger partial charge in [0.15, 0.2) is 0 Å². The van der Waals surface area contributed by atoms with Crippen molar-refractivity contribution in [2.45, 2.75) is 83.1 Å². The minimum absolute atomic E-state index is 0.150. The van der Waals surface area contributed by atoms with Crippen LogP contribution in [-0.2, 0) is 0 Å². The van der Waals surface area contributed by atoms with Gasteiger partial charge in [0, 0.05) is 9.40 Å². The summed E-state index contributed by atoms with van der Waals surface area (Å²) in [4.78, 5) is 0. The summed E-state index contributed by atoms with van der Waals surface area (Å²) in [6.07, 6.45) is 0. The van der Waals surface area contributed by atoms with Gasteiger partial charge in [-0.25, -0.2) is 0 Å². The second-order valence-corrected chi connectivity index (χ2v) is 16.8. The van der Waals surface area contributed by atoms with E-state index in [1.54, 1.807) is 0 Å². The van der Waals surface area contributed by atoms with Crippen molar-refractivity contribution in [2.75, 3.05) is 0 Å². The molecule has 0 atom stereocenters. The van der Waals surface area contributed by atoms with Gasteiger partial charge in [0.2, 0.25) is 13.4 Å². The zero-order valence-corrected chi connectivity index (χ0v) is 33.5. The van der Waals surface area contributed by atoms with Gasteiger partial charge in [0.05, 0.1) is 0 Å².